The molecule has 0 fully saturated rings. The second-order valence-corrected chi connectivity index (χ2v) is 3.28. The van der Waals surface area contributed by atoms with Gasteiger partial charge in [-0.3, -0.25) is 20.5 Å². The maximum absolute atomic E-state index is 10.4. The van der Waals surface area contributed by atoms with Crippen molar-refractivity contribution in [3.63, 3.8) is 0 Å². The Labute approximate surface area is 102 Å². The molecule has 1 N–H and O–H groups in total. The van der Waals surface area contributed by atoms with Crippen LogP contribution in [0.25, 0.3) is 0 Å². The van der Waals surface area contributed by atoms with Gasteiger partial charge >= 0.3 is 0 Å². The molecule has 0 aromatic carbocycles. The van der Waals surface area contributed by atoms with Crippen LogP contribution in [0.2, 0.25) is 0 Å². The molecule has 0 spiro atoms. The molecule has 0 bridgehead atoms. The van der Waals surface area contributed by atoms with Gasteiger partial charge in [-0.1, -0.05) is 6.07 Å². The third-order valence-electron chi connectivity index (χ3n) is 2.02. The van der Waals surface area contributed by atoms with E-state index in [0.29, 0.717) is 11.5 Å². The van der Waals surface area contributed by atoms with Gasteiger partial charge in [-0.05, 0) is 18.2 Å². The zero-order valence-electron chi connectivity index (χ0n) is 9.22. The lowest BCUT2D eigenvalue weighted by Gasteiger charge is -1.97. The van der Waals surface area contributed by atoms with Crippen LogP contribution in [-0.4, -0.2) is 21.1 Å². The highest BCUT2D eigenvalue weighted by Gasteiger charge is 2.04. The second kappa shape index (κ2) is 5.48. The number of hydrazone groups is 1. The van der Waals surface area contributed by atoms with E-state index in [0.717, 1.165) is 0 Å². The number of aromatic nitrogens is 2. The average molecular weight is 243 g/mol. The molecule has 90 valence electrons. The van der Waals surface area contributed by atoms with Crippen LogP contribution in [0.5, 0.6) is 0 Å². The summed E-state index contributed by atoms with van der Waals surface area (Å²) in [4.78, 5) is 17.8. The van der Waals surface area contributed by atoms with E-state index in [4.69, 9.17) is 0 Å². The van der Waals surface area contributed by atoms with E-state index in [1.54, 1.807) is 12.3 Å². The van der Waals surface area contributed by atoms with Crippen molar-refractivity contribution >= 4 is 17.7 Å². The van der Waals surface area contributed by atoms with E-state index in [2.05, 4.69) is 20.5 Å². The van der Waals surface area contributed by atoms with Gasteiger partial charge in [0.1, 0.15) is 12.0 Å². The van der Waals surface area contributed by atoms with Crippen molar-refractivity contribution in [2.75, 3.05) is 5.43 Å². The molecule has 2 heterocycles. The van der Waals surface area contributed by atoms with Crippen LogP contribution in [0.15, 0.2) is 47.8 Å². The normalized spacial score (nSPS) is 10.4. The van der Waals surface area contributed by atoms with Crippen molar-refractivity contribution in [3.8, 4) is 0 Å². The van der Waals surface area contributed by atoms with Gasteiger partial charge in [0.25, 0.3) is 5.69 Å². The number of hydrogen-bond acceptors (Lipinski definition) is 6. The zero-order valence-corrected chi connectivity index (χ0v) is 9.22. The van der Waals surface area contributed by atoms with E-state index in [1.807, 2.05) is 12.1 Å². The Bertz CT molecular complexity index is 553. The number of anilines is 1. The summed E-state index contributed by atoms with van der Waals surface area (Å²) >= 11 is 0. The quantitative estimate of drug-likeness (QED) is 0.502. The molecule has 0 saturated heterocycles. The minimum Gasteiger partial charge on any atom is -0.261 e. The molecule has 0 aliphatic carbocycles. The predicted octanol–water partition coefficient (Wildman–Crippen LogP) is 1.83. The third kappa shape index (κ3) is 3.08. The topological polar surface area (TPSA) is 93.3 Å². The van der Waals surface area contributed by atoms with Crippen molar-refractivity contribution in [2.45, 2.75) is 0 Å². The molecule has 18 heavy (non-hydrogen) atoms. The van der Waals surface area contributed by atoms with Crippen molar-refractivity contribution in [3.05, 3.63) is 58.5 Å². The second-order valence-electron chi connectivity index (χ2n) is 3.28. The molecule has 2 rings (SSSR count). The fourth-order valence-corrected chi connectivity index (χ4v) is 1.18. The van der Waals surface area contributed by atoms with E-state index in [9.17, 15) is 10.1 Å². The molecule has 0 radical (unpaired) electrons. The van der Waals surface area contributed by atoms with Gasteiger partial charge in [0.05, 0.1) is 16.8 Å². The summed E-state index contributed by atoms with van der Waals surface area (Å²) < 4.78 is 0. The highest BCUT2D eigenvalue weighted by atomic mass is 16.6. The summed E-state index contributed by atoms with van der Waals surface area (Å²) in [6.07, 6.45) is 4.35. The van der Waals surface area contributed by atoms with Crippen LogP contribution in [0.3, 0.4) is 0 Å². The summed E-state index contributed by atoms with van der Waals surface area (Å²) in [6.45, 7) is 0. The molecular weight excluding hydrogens is 234 g/mol. The Morgan fingerprint density at radius 3 is 2.78 bits per heavy atom. The number of nitro groups is 1. The summed E-state index contributed by atoms with van der Waals surface area (Å²) in [6, 6.07) is 8.29. The largest absolute Gasteiger partial charge is 0.287 e. The Kier molecular flexibility index (Phi) is 3.55. The number of nitrogens with one attached hydrogen (secondary N) is 1. The van der Waals surface area contributed by atoms with Crippen LogP contribution < -0.4 is 5.43 Å². The number of rotatable bonds is 4. The highest BCUT2D eigenvalue weighted by molar-refractivity contribution is 5.77. The SMILES string of the molecule is O=[N+]([O-])c1ccc(N/N=C\c2ccccn2)nc1. The first-order chi connectivity index (χ1) is 8.75. The van der Waals surface area contributed by atoms with Crippen molar-refractivity contribution in [1.82, 2.24) is 9.97 Å². The predicted molar refractivity (Wildman–Crippen MR) is 66.3 cm³/mol. The number of pyridine rings is 2. The number of nitrogens with zero attached hydrogens (tertiary/aromatic N) is 4. The van der Waals surface area contributed by atoms with Gasteiger partial charge in [0.2, 0.25) is 0 Å². The molecule has 0 saturated carbocycles. The standard InChI is InChI=1S/C11H9N5O2/c17-16(18)10-4-5-11(13-8-10)15-14-7-9-3-1-2-6-12-9/h1-8H,(H,13,15)/b14-7-. The molecule has 2 aromatic heterocycles. The Morgan fingerprint density at radius 2 is 2.17 bits per heavy atom. The summed E-state index contributed by atoms with van der Waals surface area (Å²) in [5.74, 6) is 0.424. The molecule has 0 atom stereocenters. The minimum absolute atomic E-state index is 0.0609. The fourth-order valence-electron chi connectivity index (χ4n) is 1.18. The van der Waals surface area contributed by atoms with Crippen molar-refractivity contribution < 1.29 is 4.92 Å². The Balaban J connectivity index is 1.98. The van der Waals surface area contributed by atoms with Crippen LogP contribution >= 0.6 is 0 Å². The first kappa shape index (κ1) is 11.6. The molecule has 0 aliphatic heterocycles. The maximum atomic E-state index is 10.4. The van der Waals surface area contributed by atoms with Crippen molar-refractivity contribution in [2.24, 2.45) is 5.10 Å². The first-order valence-electron chi connectivity index (χ1n) is 5.06. The molecule has 7 heteroatoms. The van der Waals surface area contributed by atoms with Crippen molar-refractivity contribution in [1.29, 1.82) is 0 Å². The molecule has 0 amide bonds. The Hall–Kier alpha value is -2.83. The molecule has 0 aliphatic rings. The number of hydrogen-bond donors (Lipinski definition) is 1. The van der Waals surface area contributed by atoms with E-state index in [-0.39, 0.29) is 5.69 Å². The smallest absolute Gasteiger partial charge is 0.261 e. The molecular formula is C11H9N5O2. The van der Waals surface area contributed by atoms with Gasteiger partial charge < -0.3 is 0 Å². The molecule has 7 nitrogen and oxygen atoms in total. The zero-order chi connectivity index (χ0) is 12.8. The highest BCUT2D eigenvalue weighted by Crippen LogP contribution is 2.11. The van der Waals surface area contributed by atoms with Crippen LogP contribution in [0.1, 0.15) is 5.69 Å². The van der Waals surface area contributed by atoms with Crippen LogP contribution in [-0.2, 0) is 0 Å². The van der Waals surface area contributed by atoms with E-state index >= 15 is 0 Å². The molecule has 0 unspecified atom stereocenters. The van der Waals surface area contributed by atoms with Gasteiger partial charge in [-0.25, -0.2) is 4.98 Å². The fraction of sp³-hybridized carbons (Fsp3) is 0. The van der Waals surface area contributed by atoms with E-state index in [1.165, 1.54) is 24.5 Å². The average Bonchev–Trinajstić information content (AvgIpc) is 2.40. The summed E-state index contributed by atoms with van der Waals surface area (Å²) in [5, 5.41) is 14.3. The van der Waals surface area contributed by atoms with Crippen LogP contribution in [0.4, 0.5) is 11.5 Å². The Morgan fingerprint density at radius 1 is 1.28 bits per heavy atom. The lowest BCUT2D eigenvalue weighted by atomic mass is 10.4. The summed E-state index contributed by atoms with van der Waals surface area (Å²) in [7, 11) is 0. The van der Waals surface area contributed by atoms with Gasteiger partial charge in [-0.15, -0.1) is 0 Å². The monoisotopic (exact) mass is 243 g/mol. The van der Waals surface area contributed by atoms with Gasteiger partial charge in [0.15, 0.2) is 0 Å². The summed E-state index contributed by atoms with van der Waals surface area (Å²) in [5.41, 5.74) is 3.29. The maximum Gasteiger partial charge on any atom is 0.287 e. The van der Waals surface area contributed by atoms with Crippen LogP contribution in [0, 0.1) is 10.1 Å². The van der Waals surface area contributed by atoms with Gasteiger partial charge in [-0.2, -0.15) is 5.10 Å². The third-order valence-corrected chi connectivity index (χ3v) is 2.02. The lowest BCUT2D eigenvalue weighted by Crippen LogP contribution is -1.95. The first-order valence-corrected chi connectivity index (χ1v) is 5.06. The van der Waals surface area contributed by atoms with Gasteiger partial charge in [0, 0.05) is 12.3 Å². The minimum atomic E-state index is -0.506. The molecule has 2 aromatic rings. The van der Waals surface area contributed by atoms with E-state index < -0.39 is 4.92 Å². The lowest BCUT2D eigenvalue weighted by molar-refractivity contribution is -0.385.